The van der Waals surface area contributed by atoms with Gasteiger partial charge in [0, 0.05) is 16.8 Å². The van der Waals surface area contributed by atoms with Gasteiger partial charge in [0.25, 0.3) is 0 Å². The molecule has 0 saturated heterocycles. The van der Waals surface area contributed by atoms with Crippen LogP contribution in [0.25, 0.3) is 11.4 Å². The van der Waals surface area contributed by atoms with E-state index in [1.165, 1.54) is 6.07 Å². The number of nitrogens with zero attached hydrogens (tertiary/aromatic N) is 2. The van der Waals surface area contributed by atoms with Crippen molar-refractivity contribution in [3.05, 3.63) is 41.1 Å². The fourth-order valence-electron chi connectivity index (χ4n) is 2.15. The summed E-state index contributed by atoms with van der Waals surface area (Å²) in [5.41, 5.74) is 4.59. The van der Waals surface area contributed by atoms with Crippen LogP contribution >= 0.6 is 0 Å². The molecule has 2 aromatic rings. The maximum absolute atomic E-state index is 13.3. The van der Waals surface area contributed by atoms with Crippen molar-refractivity contribution >= 4 is 5.82 Å². The monoisotopic (exact) mass is 278 g/mol. The molecule has 3 N–H and O–H groups in total. The van der Waals surface area contributed by atoms with Gasteiger partial charge < -0.3 is 5.43 Å². The third-order valence-electron chi connectivity index (χ3n) is 3.03. The van der Waals surface area contributed by atoms with Crippen molar-refractivity contribution in [1.82, 2.24) is 9.97 Å². The summed E-state index contributed by atoms with van der Waals surface area (Å²) in [5, 5.41) is 0. The minimum Gasteiger partial charge on any atom is -0.308 e. The summed E-state index contributed by atoms with van der Waals surface area (Å²) >= 11 is 0. The molecular formula is C14H16F2N4. The minimum absolute atomic E-state index is 0.194. The number of rotatable bonds is 3. The molecule has 106 valence electrons. The lowest BCUT2D eigenvalue weighted by molar-refractivity contribution is 0.509. The summed E-state index contributed by atoms with van der Waals surface area (Å²) in [5.74, 6) is 4.64. The number of halogens is 2. The zero-order valence-corrected chi connectivity index (χ0v) is 11.5. The van der Waals surface area contributed by atoms with Gasteiger partial charge >= 0.3 is 0 Å². The van der Waals surface area contributed by atoms with E-state index in [0.717, 1.165) is 23.4 Å². The molecule has 0 unspecified atom stereocenters. The quantitative estimate of drug-likeness (QED) is 0.668. The topological polar surface area (TPSA) is 63.8 Å². The lowest BCUT2D eigenvalue weighted by Crippen LogP contribution is -2.14. The van der Waals surface area contributed by atoms with E-state index in [9.17, 15) is 8.78 Å². The Morgan fingerprint density at radius 1 is 1.15 bits per heavy atom. The van der Waals surface area contributed by atoms with Gasteiger partial charge in [-0.25, -0.2) is 24.6 Å². The van der Waals surface area contributed by atoms with E-state index in [-0.39, 0.29) is 5.92 Å². The number of aromatic nitrogens is 2. The van der Waals surface area contributed by atoms with Crippen molar-refractivity contribution in [1.29, 1.82) is 0 Å². The van der Waals surface area contributed by atoms with Crippen molar-refractivity contribution in [3.8, 4) is 11.4 Å². The van der Waals surface area contributed by atoms with Gasteiger partial charge in [0.1, 0.15) is 5.82 Å². The highest BCUT2D eigenvalue weighted by Crippen LogP contribution is 2.28. The lowest BCUT2D eigenvalue weighted by Gasteiger charge is -2.15. The highest BCUT2D eigenvalue weighted by Gasteiger charge is 2.15. The van der Waals surface area contributed by atoms with Crippen LogP contribution in [0.15, 0.2) is 18.2 Å². The van der Waals surface area contributed by atoms with Gasteiger partial charge in [-0.3, -0.25) is 0 Å². The van der Waals surface area contributed by atoms with E-state index >= 15 is 0 Å². The molecule has 4 nitrogen and oxygen atoms in total. The Hall–Kier alpha value is -2.08. The molecular weight excluding hydrogens is 262 g/mol. The van der Waals surface area contributed by atoms with Crippen LogP contribution in [0.2, 0.25) is 0 Å². The van der Waals surface area contributed by atoms with Gasteiger partial charge in [-0.1, -0.05) is 13.8 Å². The number of anilines is 1. The molecule has 0 amide bonds. The molecule has 0 saturated carbocycles. The predicted octanol–water partition coefficient (Wildman–Crippen LogP) is 3.14. The molecule has 0 aliphatic carbocycles. The molecule has 0 bridgehead atoms. The van der Waals surface area contributed by atoms with Gasteiger partial charge in [-0.05, 0) is 31.0 Å². The van der Waals surface area contributed by atoms with E-state index in [1.54, 1.807) is 0 Å². The Balaban J connectivity index is 2.58. The number of nitrogens with two attached hydrogens (primary N) is 1. The van der Waals surface area contributed by atoms with E-state index in [0.29, 0.717) is 17.2 Å². The van der Waals surface area contributed by atoms with Crippen molar-refractivity contribution in [2.75, 3.05) is 5.43 Å². The van der Waals surface area contributed by atoms with E-state index in [1.807, 2.05) is 20.8 Å². The highest BCUT2D eigenvalue weighted by molar-refractivity contribution is 5.60. The number of hydrogen-bond donors (Lipinski definition) is 2. The molecule has 20 heavy (non-hydrogen) atoms. The van der Waals surface area contributed by atoms with Crippen molar-refractivity contribution in [2.24, 2.45) is 5.84 Å². The first-order valence-corrected chi connectivity index (χ1v) is 6.24. The smallest absolute Gasteiger partial charge is 0.161 e. The maximum Gasteiger partial charge on any atom is 0.161 e. The van der Waals surface area contributed by atoms with Crippen molar-refractivity contribution in [2.45, 2.75) is 26.7 Å². The van der Waals surface area contributed by atoms with Gasteiger partial charge in [-0.2, -0.15) is 0 Å². The number of nitrogen functional groups attached to an aromatic ring is 1. The number of aryl methyl sites for hydroxylation is 1. The molecule has 0 atom stereocenters. The second-order valence-electron chi connectivity index (χ2n) is 4.82. The van der Waals surface area contributed by atoms with Gasteiger partial charge in [0.2, 0.25) is 0 Å². The average molecular weight is 278 g/mol. The Morgan fingerprint density at radius 2 is 1.85 bits per heavy atom. The molecule has 0 aliphatic rings. The zero-order chi connectivity index (χ0) is 14.9. The first kappa shape index (κ1) is 14.3. The molecule has 0 aliphatic heterocycles. The van der Waals surface area contributed by atoms with E-state index < -0.39 is 11.6 Å². The SMILES string of the molecule is Cc1nc(-c2ccc(F)c(F)c2)nc(NN)c1C(C)C. The minimum atomic E-state index is -0.932. The van der Waals surface area contributed by atoms with E-state index in [4.69, 9.17) is 5.84 Å². The van der Waals surface area contributed by atoms with Crippen LogP contribution in [-0.2, 0) is 0 Å². The second-order valence-corrected chi connectivity index (χ2v) is 4.82. The summed E-state index contributed by atoms with van der Waals surface area (Å²) in [6.45, 7) is 5.84. The average Bonchev–Trinajstić information content (AvgIpc) is 2.40. The molecule has 2 rings (SSSR count). The Labute approximate surface area is 116 Å². The molecule has 0 spiro atoms. The van der Waals surface area contributed by atoms with Crippen molar-refractivity contribution < 1.29 is 8.78 Å². The number of nitrogens with one attached hydrogen (secondary N) is 1. The molecule has 0 fully saturated rings. The largest absolute Gasteiger partial charge is 0.308 e. The maximum atomic E-state index is 13.3. The molecule has 1 aromatic heterocycles. The number of benzene rings is 1. The summed E-state index contributed by atoms with van der Waals surface area (Å²) < 4.78 is 26.2. The highest BCUT2D eigenvalue weighted by atomic mass is 19.2. The van der Waals surface area contributed by atoms with Crippen LogP contribution in [-0.4, -0.2) is 9.97 Å². The second kappa shape index (κ2) is 5.50. The fraction of sp³-hybridized carbons (Fsp3) is 0.286. The third kappa shape index (κ3) is 2.60. The number of hydrogen-bond acceptors (Lipinski definition) is 4. The van der Waals surface area contributed by atoms with Gasteiger partial charge in [0.15, 0.2) is 17.5 Å². The van der Waals surface area contributed by atoms with Crippen LogP contribution < -0.4 is 11.3 Å². The third-order valence-corrected chi connectivity index (χ3v) is 3.03. The predicted molar refractivity (Wildman–Crippen MR) is 74.0 cm³/mol. The van der Waals surface area contributed by atoms with Crippen molar-refractivity contribution in [3.63, 3.8) is 0 Å². The normalized spacial score (nSPS) is 10.9. The summed E-state index contributed by atoms with van der Waals surface area (Å²) in [6.07, 6.45) is 0. The number of hydrazine groups is 1. The van der Waals surface area contributed by atoms with Crippen LogP contribution in [0.4, 0.5) is 14.6 Å². The van der Waals surface area contributed by atoms with Crippen LogP contribution in [0, 0.1) is 18.6 Å². The Morgan fingerprint density at radius 3 is 2.40 bits per heavy atom. The Kier molecular flexibility index (Phi) is 3.94. The van der Waals surface area contributed by atoms with E-state index in [2.05, 4.69) is 15.4 Å². The molecule has 6 heteroatoms. The Bertz CT molecular complexity index is 641. The van der Waals surface area contributed by atoms with Gasteiger partial charge in [-0.15, -0.1) is 0 Å². The lowest BCUT2D eigenvalue weighted by atomic mass is 10.0. The summed E-state index contributed by atoms with van der Waals surface area (Å²) in [6, 6.07) is 3.55. The van der Waals surface area contributed by atoms with Crippen LogP contribution in [0.5, 0.6) is 0 Å². The van der Waals surface area contributed by atoms with Crippen LogP contribution in [0.3, 0.4) is 0 Å². The summed E-state index contributed by atoms with van der Waals surface area (Å²) in [7, 11) is 0. The first-order chi connectivity index (χ1) is 9.43. The molecule has 0 radical (unpaired) electrons. The zero-order valence-electron chi connectivity index (χ0n) is 11.5. The molecule has 1 aromatic carbocycles. The van der Waals surface area contributed by atoms with Crippen LogP contribution in [0.1, 0.15) is 31.0 Å². The summed E-state index contributed by atoms with van der Waals surface area (Å²) in [4.78, 5) is 8.63. The first-order valence-electron chi connectivity index (χ1n) is 6.24. The molecule has 1 heterocycles. The fourth-order valence-corrected chi connectivity index (χ4v) is 2.15. The van der Waals surface area contributed by atoms with Gasteiger partial charge in [0.05, 0.1) is 0 Å². The standard InChI is InChI=1S/C14H16F2N4/c1-7(2)12-8(3)18-13(19-14(12)20-17)9-4-5-10(15)11(16)6-9/h4-7H,17H2,1-3H3,(H,18,19,20).